The minimum atomic E-state index is 0.0115. The largest absolute Gasteiger partial charge is 0.496 e. The summed E-state index contributed by atoms with van der Waals surface area (Å²) in [5, 5.41) is 9.60. The average Bonchev–Trinajstić information content (AvgIpc) is 3.24. The van der Waals surface area contributed by atoms with Crippen LogP contribution in [0, 0.1) is 5.92 Å². The zero-order chi connectivity index (χ0) is 13.8. The predicted octanol–water partition coefficient (Wildman–Crippen LogP) is 1.23. The molecule has 106 valence electrons. The first-order valence-electron chi connectivity index (χ1n) is 6.86. The minimum absolute atomic E-state index is 0.0115. The van der Waals surface area contributed by atoms with Crippen LogP contribution >= 0.6 is 0 Å². The van der Waals surface area contributed by atoms with Gasteiger partial charge in [0.25, 0.3) is 0 Å². The third kappa shape index (κ3) is 3.47. The molecule has 19 heavy (non-hydrogen) atoms. The van der Waals surface area contributed by atoms with Crippen LogP contribution in [0.15, 0.2) is 24.3 Å². The van der Waals surface area contributed by atoms with Gasteiger partial charge in [0.15, 0.2) is 0 Å². The fraction of sp³-hybridized carbons (Fsp3) is 0.600. The van der Waals surface area contributed by atoms with E-state index >= 15 is 0 Å². The Kier molecular flexibility index (Phi) is 4.80. The van der Waals surface area contributed by atoms with Crippen molar-refractivity contribution in [1.29, 1.82) is 0 Å². The number of rotatable bonds is 7. The fourth-order valence-corrected chi connectivity index (χ4v) is 2.57. The van der Waals surface area contributed by atoms with E-state index in [0.717, 1.165) is 17.9 Å². The van der Waals surface area contributed by atoms with Gasteiger partial charge in [-0.3, -0.25) is 4.90 Å². The lowest BCUT2D eigenvalue weighted by Crippen LogP contribution is -2.49. The molecule has 4 nitrogen and oxygen atoms in total. The van der Waals surface area contributed by atoms with Gasteiger partial charge in [0.2, 0.25) is 0 Å². The molecule has 2 rings (SSSR count). The van der Waals surface area contributed by atoms with Crippen molar-refractivity contribution in [1.82, 2.24) is 4.90 Å². The molecule has 4 heteroatoms. The molecule has 1 aliphatic carbocycles. The van der Waals surface area contributed by atoms with Gasteiger partial charge < -0.3 is 15.6 Å². The monoisotopic (exact) mass is 264 g/mol. The SMILES string of the molecule is COc1ccccc1CN(C)C(CO)C(N)C1CC1. The van der Waals surface area contributed by atoms with Gasteiger partial charge in [-0.25, -0.2) is 0 Å². The van der Waals surface area contributed by atoms with Gasteiger partial charge >= 0.3 is 0 Å². The van der Waals surface area contributed by atoms with Gasteiger partial charge in [0, 0.05) is 24.2 Å². The summed E-state index contributed by atoms with van der Waals surface area (Å²) in [7, 11) is 3.69. The summed E-state index contributed by atoms with van der Waals surface area (Å²) in [6.07, 6.45) is 2.39. The van der Waals surface area contributed by atoms with Crippen LogP contribution < -0.4 is 10.5 Å². The van der Waals surface area contributed by atoms with Gasteiger partial charge in [-0.05, 0) is 31.9 Å². The first-order chi connectivity index (χ1) is 9.17. The maximum absolute atomic E-state index is 9.60. The molecule has 3 N–H and O–H groups in total. The molecule has 0 heterocycles. The summed E-state index contributed by atoms with van der Waals surface area (Å²) in [5.74, 6) is 1.46. The van der Waals surface area contributed by atoms with Crippen molar-refractivity contribution in [3.63, 3.8) is 0 Å². The van der Waals surface area contributed by atoms with Crippen molar-refractivity contribution in [2.45, 2.75) is 31.5 Å². The number of benzene rings is 1. The van der Waals surface area contributed by atoms with Crippen molar-refractivity contribution in [2.75, 3.05) is 20.8 Å². The molecular formula is C15H24N2O2. The second kappa shape index (κ2) is 6.37. The minimum Gasteiger partial charge on any atom is -0.496 e. The molecule has 1 saturated carbocycles. The van der Waals surface area contributed by atoms with E-state index in [1.807, 2.05) is 31.3 Å². The summed E-state index contributed by atoms with van der Waals surface area (Å²) >= 11 is 0. The molecule has 1 aliphatic rings. The Morgan fingerprint density at radius 2 is 2.11 bits per heavy atom. The third-order valence-corrected chi connectivity index (χ3v) is 3.98. The van der Waals surface area contributed by atoms with E-state index in [-0.39, 0.29) is 18.7 Å². The van der Waals surface area contributed by atoms with E-state index in [0.29, 0.717) is 5.92 Å². The number of aliphatic hydroxyl groups excluding tert-OH is 1. The van der Waals surface area contributed by atoms with Crippen molar-refractivity contribution in [2.24, 2.45) is 11.7 Å². The van der Waals surface area contributed by atoms with Crippen LogP contribution in [0.4, 0.5) is 0 Å². The van der Waals surface area contributed by atoms with E-state index in [1.165, 1.54) is 12.8 Å². The van der Waals surface area contributed by atoms with Gasteiger partial charge in [0.1, 0.15) is 5.75 Å². The van der Waals surface area contributed by atoms with E-state index < -0.39 is 0 Å². The molecule has 0 bridgehead atoms. The lowest BCUT2D eigenvalue weighted by molar-refractivity contribution is 0.114. The highest BCUT2D eigenvalue weighted by Gasteiger charge is 2.35. The summed E-state index contributed by atoms with van der Waals surface area (Å²) in [5.41, 5.74) is 7.35. The number of nitrogens with two attached hydrogens (primary N) is 1. The number of hydrogen-bond donors (Lipinski definition) is 2. The standard InChI is InChI=1S/C15H24N2O2/c1-17(13(10-18)15(16)11-7-8-11)9-12-5-3-4-6-14(12)19-2/h3-6,11,13,15,18H,7-10,16H2,1-2H3. The number of ether oxygens (including phenoxy) is 1. The van der Waals surface area contributed by atoms with Gasteiger partial charge in [-0.15, -0.1) is 0 Å². The fourth-order valence-electron chi connectivity index (χ4n) is 2.57. The first kappa shape index (κ1) is 14.3. The number of hydrogen-bond acceptors (Lipinski definition) is 4. The quantitative estimate of drug-likeness (QED) is 0.777. The number of likely N-dealkylation sites (N-methyl/N-ethyl adjacent to an activating group) is 1. The number of para-hydroxylation sites is 1. The third-order valence-electron chi connectivity index (χ3n) is 3.98. The highest BCUT2D eigenvalue weighted by Crippen LogP contribution is 2.34. The molecule has 0 aromatic heterocycles. The molecule has 0 aliphatic heterocycles. The maximum Gasteiger partial charge on any atom is 0.123 e. The van der Waals surface area contributed by atoms with E-state index in [1.54, 1.807) is 7.11 Å². The lowest BCUT2D eigenvalue weighted by Gasteiger charge is -2.31. The molecule has 1 fully saturated rings. The lowest BCUT2D eigenvalue weighted by atomic mass is 10.0. The Morgan fingerprint density at radius 1 is 1.42 bits per heavy atom. The van der Waals surface area contributed by atoms with Crippen LogP contribution in [-0.4, -0.2) is 42.9 Å². The van der Waals surface area contributed by atoms with Gasteiger partial charge in [0.05, 0.1) is 13.7 Å². The summed E-state index contributed by atoms with van der Waals surface area (Å²) < 4.78 is 5.36. The Labute approximate surface area is 115 Å². The molecule has 0 saturated heterocycles. The number of aliphatic hydroxyl groups is 1. The molecule has 1 aromatic rings. The van der Waals surface area contributed by atoms with Gasteiger partial charge in [-0.1, -0.05) is 18.2 Å². The average molecular weight is 264 g/mol. The van der Waals surface area contributed by atoms with Crippen molar-refractivity contribution < 1.29 is 9.84 Å². The van der Waals surface area contributed by atoms with Crippen molar-refractivity contribution in [3.05, 3.63) is 29.8 Å². The zero-order valence-electron chi connectivity index (χ0n) is 11.7. The normalized spacial score (nSPS) is 18.4. The highest BCUT2D eigenvalue weighted by atomic mass is 16.5. The van der Waals surface area contributed by atoms with Crippen LogP contribution in [0.25, 0.3) is 0 Å². The molecule has 1 aromatic carbocycles. The Bertz CT molecular complexity index is 407. The Morgan fingerprint density at radius 3 is 2.68 bits per heavy atom. The molecular weight excluding hydrogens is 240 g/mol. The Balaban J connectivity index is 2.03. The molecule has 2 unspecified atom stereocenters. The first-order valence-corrected chi connectivity index (χ1v) is 6.86. The molecule has 0 amide bonds. The Hall–Kier alpha value is -1.10. The predicted molar refractivity (Wildman–Crippen MR) is 76.0 cm³/mol. The highest BCUT2D eigenvalue weighted by molar-refractivity contribution is 5.33. The number of nitrogens with zero attached hydrogens (tertiary/aromatic N) is 1. The molecule has 0 spiro atoms. The molecule has 0 radical (unpaired) electrons. The van der Waals surface area contributed by atoms with Gasteiger partial charge in [-0.2, -0.15) is 0 Å². The smallest absolute Gasteiger partial charge is 0.123 e. The van der Waals surface area contributed by atoms with E-state index in [9.17, 15) is 5.11 Å². The van der Waals surface area contributed by atoms with E-state index in [2.05, 4.69) is 4.90 Å². The van der Waals surface area contributed by atoms with Crippen molar-refractivity contribution in [3.8, 4) is 5.75 Å². The summed E-state index contributed by atoms with van der Waals surface area (Å²) in [6.45, 7) is 0.832. The van der Waals surface area contributed by atoms with Crippen LogP contribution in [0.3, 0.4) is 0 Å². The number of methoxy groups -OCH3 is 1. The van der Waals surface area contributed by atoms with Crippen LogP contribution in [-0.2, 0) is 6.54 Å². The molecule has 2 atom stereocenters. The summed E-state index contributed by atoms with van der Waals surface area (Å²) in [6, 6.07) is 8.04. The van der Waals surface area contributed by atoms with Crippen molar-refractivity contribution >= 4 is 0 Å². The maximum atomic E-state index is 9.60. The second-order valence-corrected chi connectivity index (χ2v) is 5.39. The van der Waals surface area contributed by atoms with E-state index in [4.69, 9.17) is 10.5 Å². The summed E-state index contributed by atoms with van der Waals surface area (Å²) in [4.78, 5) is 2.13. The van der Waals surface area contributed by atoms with Crippen LogP contribution in [0.1, 0.15) is 18.4 Å². The topological polar surface area (TPSA) is 58.7 Å². The second-order valence-electron chi connectivity index (χ2n) is 5.39. The van der Waals surface area contributed by atoms with Crippen LogP contribution in [0.2, 0.25) is 0 Å². The zero-order valence-corrected chi connectivity index (χ0v) is 11.7. The van der Waals surface area contributed by atoms with Crippen LogP contribution in [0.5, 0.6) is 5.75 Å².